The molecule has 0 unspecified atom stereocenters. The number of alkyl halides is 3. The number of anilines is 2. The van der Waals surface area contributed by atoms with Gasteiger partial charge in [0.25, 0.3) is 20.0 Å². The van der Waals surface area contributed by atoms with Crippen molar-refractivity contribution in [3.05, 3.63) is 197 Å². The van der Waals surface area contributed by atoms with Crippen LogP contribution in [0.25, 0.3) is 0 Å². The Hall–Kier alpha value is -7.00. The van der Waals surface area contributed by atoms with Crippen molar-refractivity contribution < 1.29 is 63.0 Å². The van der Waals surface area contributed by atoms with Crippen LogP contribution in [0, 0.1) is 0 Å². The summed E-state index contributed by atoms with van der Waals surface area (Å²) in [5.74, 6) is -2.86. The van der Waals surface area contributed by atoms with Crippen LogP contribution in [0.1, 0.15) is 43.0 Å². The molecule has 13 nitrogen and oxygen atoms in total. The number of sulfone groups is 1. The molecule has 0 spiro atoms. The predicted molar refractivity (Wildman–Crippen MR) is 245 cm³/mol. The minimum atomic E-state index is -5.04. The number of para-hydroxylation sites is 3. The summed E-state index contributed by atoms with van der Waals surface area (Å²) >= 11 is 0.694. The first kappa shape index (κ1) is 49.4. The number of carboxylic acids is 2. The summed E-state index contributed by atoms with van der Waals surface area (Å²) in [7, 11) is -12.2. The summed E-state index contributed by atoms with van der Waals surface area (Å²) in [4.78, 5) is 21.4. The van der Waals surface area contributed by atoms with E-state index in [1.807, 2.05) is 6.07 Å². The molecular formula is C47H39F3N2O11S4. The van der Waals surface area contributed by atoms with Crippen molar-refractivity contribution in [1.29, 1.82) is 0 Å². The summed E-state index contributed by atoms with van der Waals surface area (Å²) in [6, 6.07) is 41.2. The van der Waals surface area contributed by atoms with Gasteiger partial charge in [-0.2, -0.15) is 0 Å². The van der Waals surface area contributed by atoms with Crippen LogP contribution in [-0.4, -0.2) is 53.8 Å². The minimum absolute atomic E-state index is 0.0535. The van der Waals surface area contributed by atoms with Crippen molar-refractivity contribution >= 4 is 64.5 Å². The lowest BCUT2D eigenvalue weighted by atomic mass is 10.0. The number of hydrogen-bond acceptors (Lipinski definition) is 10. The van der Waals surface area contributed by atoms with Crippen LogP contribution in [0.15, 0.2) is 182 Å². The van der Waals surface area contributed by atoms with Gasteiger partial charge in [-0.25, -0.2) is 34.8 Å². The van der Waals surface area contributed by atoms with Gasteiger partial charge in [0.1, 0.15) is 19.1 Å². The van der Waals surface area contributed by atoms with Crippen LogP contribution in [0.4, 0.5) is 24.5 Å². The molecule has 7 rings (SSSR count). The van der Waals surface area contributed by atoms with Crippen LogP contribution < -0.4 is 14.2 Å². The van der Waals surface area contributed by atoms with Crippen LogP contribution in [0.5, 0.6) is 5.75 Å². The number of nitrogens with one attached hydrogen (secondary N) is 2. The Morgan fingerprint density at radius 2 is 0.940 bits per heavy atom. The monoisotopic (exact) mass is 992 g/mol. The predicted octanol–water partition coefficient (Wildman–Crippen LogP) is 9.73. The number of halogens is 3. The number of aryl methyl sites for hydroxylation is 4. The van der Waals surface area contributed by atoms with Gasteiger partial charge in [0.2, 0.25) is 9.84 Å². The fourth-order valence-corrected chi connectivity index (χ4v) is 12.0. The van der Waals surface area contributed by atoms with Gasteiger partial charge < -0.3 is 14.9 Å². The molecule has 0 saturated carbocycles. The van der Waals surface area contributed by atoms with Gasteiger partial charge in [0, 0.05) is 0 Å². The van der Waals surface area contributed by atoms with Gasteiger partial charge >= 0.3 is 18.3 Å². The number of rotatable bonds is 17. The molecule has 4 N–H and O–H groups in total. The third-order valence-corrected chi connectivity index (χ3v) is 16.4. The molecule has 6 aromatic carbocycles. The molecule has 20 heteroatoms. The number of carboxylic acid groups (broad SMARTS) is 2. The van der Waals surface area contributed by atoms with E-state index in [9.17, 15) is 48.0 Å². The Kier molecular flexibility index (Phi) is 15.6. The lowest BCUT2D eigenvalue weighted by molar-refractivity contribution is -0.275. The number of benzene rings is 6. The second kappa shape index (κ2) is 21.1. The average molecular weight is 993 g/mol. The SMILES string of the molecule is O=C(O)c1ccc(CCc2ccccc2NS(=O)(=O)c2ccc(S(=O)(=O)c3ccccc3)s2)cc1.O=C(O)c1ccc(CCc2ccccc2NS(=O)(=O)c2ccccc2OC(F)(F)F)cc1. The summed E-state index contributed by atoms with van der Waals surface area (Å²) in [6.07, 6.45) is -3.04. The van der Waals surface area contributed by atoms with E-state index in [-0.39, 0.29) is 30.1 Å². The highest BCUT2D eigenvalue weighted by atomic mass is 32.3. The number of hydrogen-bond donors (Lipinski definition) is 4. The van der Waals surface area contributed by atoms with Gasteiger partial charge in [-0.05, 0) is 121 Å². The van der Waals surface area contributed by atoms with Gasteiger partial charge in [-0.15, -0.1) is 24.5 Å². The topological polar surface area (TPSA) is 210 Å². The van der Waals surface area contributed by atoms with E-state index < -0.39 is 58.8 Å². The number of thiophene rings is 1. The summed E-state index contributed by atoms with van der Waals surface area (Å²) in [6.45, 7) is 0. The van der Waals surface area contributed by atoms with Crippen molar-refractivity contribution in [2.45, 2.75) is 50.3 Å². The number of sulfonamides is 2. The number of aromatic carboxylic acids is 2. The fourth-order valence-electron chi connectivity index (χ4n) is 6.45. The standard InChI is InChI=1S/C25H21NO6S3.C22H18F3NO5S/c27-25(28)20-14-11-18(12-15-20)10-13-19-6-4-5-9-22(19)26-35(31,32)24-17-16-23(33-24)34(29,30)21-7-2-1-3-8-21;23-22(24,25)31-19-7-3-4-8-20(19)32(29,30)26-18-6-2-1-5-16(18)12-9-15-10-13-17(14-11-15)21(27)28/h1-9,11-12,14-17,26H,10,13H2,(H,27,28);1-8,10-11,13-14,26H,9,12H2,(H,27,28). The number of carbonyl (C=O) groups is 2. The molecule has 0 saturated heterocycles. The van der Waals surface area contributed by atoms with E-state index in [4.69, 9.17) is 10.2 Å². The second-order valence-electron chi connectivity index (χ2n) is 14.4. The Morgan fingerprint density at radius 3 is 1.43 bits per heavy atom. The molecular weight excluding hydrogens is 954 g/mol. The van der Waals surface area contributed by atoms with E-state index in [0.29, 0.717) is 48.3 Å². The second-order valence-corrected chi connectivity index (χ2v) is 21.2. The maximum Gasteiger partial charge on any atom is 0.573 e. The Balaban J connectivity index is 0.000000222. The molecule has 0 amide bonds. The lowest BCUT2D eigenvalue weighted by Crippen LogP contribution is -2.21. The van der Waals surface area contributed by atoms with Crippen LogP contribution in [0.2, 0.25) is 0 Å². The smallest absolute Gasteiger partial charge is 0.478 e. The molecule has 348 valence electrons. The van der Waals surface area contributed by atoms with E-state index in [0.717, 1.165) is 28.8 Å². The van der Waals surface area contributed by atoms with Crippen molar-refractivity contribution in [2.24, 2.45) is 0 Å². The molecule has 0 aliphatic heterocycles. The third kappa shape index (κ3) is 13.3. The minimum Gasteiger partial charge on any atom is -0.478 e. The quantitative estimate of drug-likeness (QED) is 0.0675. The highest BCUT2D eigenvalue weighted by Gasteiger charge is 2.34. The lowest BCUT2D eigenvalue weighted by Gasteiger charge is -2.16. The van der Waals surface area contributed by atoms with Gasteiger partial charge in [0.15, 0.2) is 0 Å². The fraction of sp³-hybridized carbons (Fsp3) is 0.106. The molecule has 0 bridgehead atoms. The van der Waals surface area contributed by atoms with E-state index in [1.54, 1.807) is 78.9 Å². The van der Waals surface area contributed by atoms with Crippen LogP contribution >= 0.6 is 11.3 Å². The molecule has 1 heterocycles. The van der Waals surface area contributed by atoms with E-state index >= 15 is 0 Å². The first-order chi connectivity index (χ1) is 31.7. The van der Waals surface area contributed by atoms with Crippen LogP contribution in [0.3, 0.4) is 0 Å². The van der Waals surface area contributed by atoms with Gasteiger partial charge in [-0.3, -0.25) is 9.44 Å². The molecule has 1 aromatic heterocycles. The zero-order valence-corrected chi connectivity index (χ0v) is 38.0. The van der Waals surface area contributed by atoms with E-state index in [2.05, 4.69) is 14.2 Å². The highest BCUT2D eigenvalue weighted by Crippen LogP contribution is 2.33. The summed E-state index contributed by atoms with van der Waals surface area (Å²) < 4.78 is 124. The Labute approximate surface area is 388 Å². The molecule has 0 aliphatic carbocycles. The van der Waals surface area contributed by atoms with Gasteiger partial charge in [0.05, 0.1) is 27.4 Å². The molecule has 0 radical (unpaired) electrons. The zero-order chi connectivity index (χ0) is 48.4. The summed E-state index contributed by atoms with van der Waals surface area (Å²) in [5, 5.41) is 18.0. The largest absolute Gasteiger partial charge is 0.573 e. The Bertz CT molecular complexity index is 3200. The maximum atomic E-state index is 13.1. The molecule has 0 atom stereocenters. The number of ether oxygens (including phenoxy) is 1. The van der Waals surface area contributed by atoms with Crippen LogP contribution in [-0.2, 0) is 55.6 Å². The zero-order valence-electron chi connectivity index (χ0n) is 34.8. The van der Waals surface area contributed by atoms with Crippen molar-refractivity contribution in [3.8, 4) is 5.75 Å². The third-order valence-electron chi connectivity index (χ3n) is 9.80. The first-order valence-electron chi connectivity index (χ1n) is 19.8. The molecule has 0 aliphatic rings. The average Bonchev–Trinajstić information content (AvgIpc) is 3.82. The normalized spacial score (nSPS) is 11.7. The summed E-state index contributed by atoms with van der Waals surface area (Å²) in [5.41, 5.74) is 4.11. The van der Waals surface area contributed by atoms with E-state index in [1.165, 1.54) is 66.7 Å². The molecule has 67 heavy (non-hydrogen) atoms. The first-order valence-corrected chi connectivity index (χ1v) is 25.1. The Morgan fingerprint density at radius 1 is 0.507 bits per heavy atom. The van der Waals surface area contributed by atoms with Gasteiger partial charge in [-0.1, -0.05) is 91.0 Å². The highest BCUT2D eigenvalue weighted by molar-refractivity contribution is 7.96. The van der Waals surface area contributed by atoms with Crippen molar-refractivity contribution in [1.82, 2.24) is 0 Å². The molecule has 0 fully saturated rings. The maximum absolute atomic E-state index is 13.1. The van der Waals surface area contributed by atoms with Crippen molar-refractivity contribution in [2.75, 3.05) is 9.44 Å². The molecule has 7 aromatic rings. The van der Waals surface area contributed by atoms with Crippen molar-refractivity contribution in [3.63, 3.8) is 0 Å².